The molecule has 1 heterocycles. The SMILES string of the molecule is CNC(=O)c1cc([N+](=O)[O-])ccc1N1CCC(Cc2cccc(F)c2)CC1. The molecular formula is C20H22FN3O3. The van der Waals surface area contributed by atoms with Gasteiger partial charge in [-0.2, -0.15) is 0 Å². The molecule has 3 rings (SSSR count). The number of hydrogen-bond acceptors (Lipinski definition) is 4. The number of amides is 1. The third-order valence-corrected chi connectivity index (χ3v) is 5.03. The number of piperidine rings is 1. The summed E-state index contributed by atoms with van der Waals surface area (Å²) in [4.78, 5) is 24.8. The van der Waals surface area contributed by atoms with Crippen LogP contribution in [0.3, 0.4) is 0 Å². The lowest BCUT2D eigenvalue weighted by atomic mass is 9.89. The fourth-order valence-corrected chi connectivity index (χ4v) is 3.61. The van der Waals surface area contributed by atoms with E-state index in [0.29, 0.717) is 17.2 Å². The van der Waals surface area contributed by atoms with Crippen LogP contribution in [0, 0.1) is 21.8 Å². The number of halogens is 1. The first-order chi connectivity index (χ1) is 13.0. The molecule has 1 saturated heterocycles. The van der Waals surface area contributed by atoms with Crippen molar-refractivity contribution in [3.05, 3.63) is 69.5 Å². The second-order valence-electron chi connectivity index (χ2n) is 6.80. The average Bonchev–Trinajstić information content (AvgIpc) is 2.67. The Morgan fingerprint density at radius 2 is 2.00 bits per heavy atom. The highest BCUT2D eigenvalue weighted by atomic mass is 19.1. The number of nitrogens with one attached hydrogen (secondary N) is 1. The number of hydrogen-bond donors (Lipinski definition) is 1. The molecule has 0 aromatic heterocycles. The molecule has 27 heavy (non-hydrogen) atoms. The topological polar surface area (TPSA) is 75.5 Å². The van der Waals surface area contributed by atoms with Crippen LogP contribution in [0.25, 0.3) is 0 Å². The molecule has 1 aliphatic heterocycles. The van der Waals surface area contributed by atoms with Crippen molar-refractivity contribution in [2.24, 2.45) is 5.92 Å². The van der Waals surface area contributed by atoms with Crippen molar-refractivity contribution in [1.29, 1.82) is 0 Å². The van der Waals surface area contributed by atoms with Gasteiger partial charge in [0.1, 0.15) is 5.82 Å². The van der Waals surface area contributed by atoms with Gasteiger partial charge in [0.05, 0.1) is 16.2 Å². The van der Waals surface area contributed by atoms with Gasteiger partial charge in [0.2, 0.25) is 0 Å². The summed E-state index contributed by atoms with van der Waals surface area (Å²) < 4.78 is 13.4. The number of benzene rings is 2. The summed E-state index contributed by atoms with van der Waals surface area (Å²) in [6, 6.07) is 11.1. The highest BCUT2D eigenvalue weighted by Crippen LogP contribution is 2.30. The maximum Gasteiger partial charge on any atom is 0.270 e. The minimum Gasteiger partial charge on any atom is -0.371 e. The first kappa shape index (κ1) is 18.8. The molecule has 1 fully saturated rings. The summed E-state index contributed by atoms with van der Waals surface area (Å²) in [6.07, 6.45) is 2.66. The molecule has 2 aromatic carbocycles. The molecule has 6 nitrogen and oxygen atoms in total. The highest BCUT2D eigenvalue weighted by Gasteiger charge is 2.24. The van der Waals surface area contributed by atoms with E-state index in [2.05, 4.69) is 10.2 Å². The fraction of sp³-hybridized carbons (Fsp3) is 0.350. The highest BCUT2D eigenvalue weighted by molar-refractivity contribution is 6.00. The van der Waals surface area contributed by atoms with Crippen LogP contribution in [-0.4, -0.2) is 31.0 Å². The number of nitro groups is 1. The van der Waals surface area contributed by atoms with E-state index in [-0.39, 0.29) is 17.4 Å². The van der Waals surface area contributed by atoms with Crippen LogP contribution in [0.1, 0.15) is 28.8 Å². The molecule has 7 heteroatoms. The number of carbonyl (C=O) groups excluding carboxylic acids is 1. The fourth-order valence-electron chi connectivity index (χ4n) is 3.61. The van der Waals surface area contributed by atoms with Gasteiger partial charge in [-0.1, -0.05) is 12.1 Å². The van der Waals surface area contributed by atoms with Crippen LogP contribution >= 0.6 is 0 Å². The second kappa shape index (κ2) is 8.16. The third-order valence-electron chi connectivity index (χ3n) is 5.03. The Balaban J connectivity index is 1.71. The Hall–Kier alpha value is -2.96. The lowest BCUT2D eigenvalue weighted by Crippen LogP contribution is -2.36. The molecule has 0 bridgehead atoms. The lowest BCUT2D eigenvalue weighted by molar-refractivity contribution is -0.384. The molecule has 1 aliphatic rings. The summed E-state index contributed by atoms with van der Waals surface area (Å²) in [5.74, 6) is -0.105. The van der Waals surface area contributed by atoms with Crippen molar-refractivity contribution < 1.29 is 14.1 Å². The van der Waals surface area contributed by atoms with Crippen LogP contribution in [0.2, 0.25) is 0 Å². The largest absolute Gasteiger partial charge is 0.371 e. The van der Waals surface area contributed by atoms with Gasteiger partial charge in [0.15, 0.2) is 0 Å². The molecule has 0 radical (unpaired) electrons. The lowest BCUT2D eigenvalue weighted by Gasteiger charge is -2.34. The van der Waals surface area contributed by atoms with Gasteiger partial charge in [-0.3, -0.25) is 14.9 Å². The van der Waals surface area contributed by atoms with Crippen LogP contribution in [0.4, 0.5) is 15.8 Å². The maximum absolute atomic E-state index is 13.4. The van der Waals surface area contributed by atoms with Crippen molar-refractivity contribution >= 4 is 17.3 Å². The smallest absolute Gasteiger partial charge is 0.270 e. The molecule has 1 N–H and O–H groups in total. The Bertz CT molecular complexity index is 848. The average molecular weight is 371 g/mol. The third kappa shape index (κ3) is 4.42. The van der Waals surface area contributed by atoms with Gasteiger partial charge in [-0.15, -0.1) is 0 Å². The van der Waals surface area contributed by atoms with Gasteiger partial charge in [0.25, 0.3) is 11.6 Å². The summed E-state index contributed by atoms with van der Waals surface area (Å²) in [7, 11) is 1.51. The summed E-state index contributed by atoms with van der Waals surface area (Å²) in [5, 5.41) is 13.6. The first-order valence-corrected chi connectivity index (χ1v) is 8.98. The summed E-state index contributed by atoms with van der Waals surface area (Å²) in [6.45, 7) is 1.50. The van der Waals surface area contributed by atoms with E-state index in [1.807, 2.05) is 6.07 Å². The molecular weight excluding hydrogens is 349 g/mol. The number of rotatable bonds is 5. The molecule has 0 aliphatic carbocycles. The molecule has 0 unspecified atom stereocenters. The molecule has 0 saturated carbocycles. The van der Waals surface area contributed by atoms with Gasteiger partial charge in [-0.05, 0) is 48.9 Å². The molecule has 0 spiro atoms. The molecule has 142 valence electrons. The monoisotopic (exact) mass is 371 g/mol. The van der Waals surface area contributed by atoms with E-state index < -0.39 is 4.92 Å². The van der Waals surface area contributed by atoms with Crippen LogP contribution in [0.5, 0.6) is 0 Å². The number of nitro benzene ring substituents is 1. The minimum atomic E-state index is -0.499. The van der Waals surface area contributed by atoms with E-state index in [9.17, 15) is 19.3 Å². The van der Waals surface area contributed by atoms with E-state index in [1.54, 1.807) is 18.2 Å². The normalized spacial score (nSPS) is 14.8. The van der Waals surface area contributed by atoms with Gasteiger partial charge < -0.3 is 10.2 Å². The predicted octanol–water partition coefficient (Wildman–Crippen LogP) is 3.55. The first-order valence-electron chi connectivity index (χ1n) is 8.98. The summed E-state index contributed by atoms with van der Waals surface area (Å²) in [5.41, 5.74) is 1.92. The van der Waals surface area contributed by atoms with Crippen LogP contribution in [-0.2, 0) is 6.42 Å². The number of carbonyl (C=O) groups is 1. The Labute approximate surface area is 157 Å². The number of non-ortho nitro benzene ring substituents is 1. The summed E-state index contributed by atoms with van der Waals surface area (Å²) >= 11 is 0. The Morgan fingerprint density at radius 1 is 1.26 bits per heavy atom. The molecule has 0 atom stereocenters. The van der Waals surface area contributed by atoms with E-state index in [0.717, 1.165) is 37.9 Å². The van der Waals surface area contributed by atoms with Crippen molar-refractivity contribution in [3.8, 4) is 0 Å². The standard InChI is InChI=1S/C20H22FN3O3/c1-22-20(25)18-13-17(24(26)27)5-6-19(18)23-9-7-14(8-10-23)11-15-3-2-4-16(21)12-15/h2-6,12-14H,7-11H2,1H3,(H,22,25). The van der Waals surface area contributed by atoms with Crippen LogP contribution < -0.4 is 10.2 Å². The maximum atomic E-state index is 13.4. The predicted molar refractivity (Wildman–Crippen MR) is 102 cm³/mol. The van der Waals surface area contributed by atoms with E-state index in [4.69, 9.17) is 0 Å². The zero-order valence-electron chi connectivity index (χ0n) is 15.2. The van der Waals surface area contributed by atoms with Crippen LogP contribution in [0.15, 0.2) is 42.5 Å². The zero-order valence-corrected chi connectivity index (χ0v) is 15.2. The second-order valence-corrected chi connectivity index (χ2v) is 6.80. The molecule has 1 amide bonds. The quantitative estimate of drug-likeness (QED) is 0.644. The van der Waals surface area contributed by atoms with Crippen molar-refractivity contribution in [1.82, 2.24) is 5.32 Å². The van der Waals surface area contributed by atoms with Crippen molar-refractivity contribution in [2.75, 3.05) is 25.0 Å². The van der Waals surface area contributed by atoms with Crippen molar-refractivity contribution in [2.45, 2.75) is 19.3 Å². The Kier molecular flexibility index (Phi) is 5.69. The van der Waals surface area contributed by atoms with E-state index >= 15 is 0 Å². The number of anilines is 1. The van der Waals surface area contributed by atoms with Gasteiger partial charge >= 0.3 is 0 Å². The van der Waals surface area contributed by atoms with E-state index in [1.165, 1.54) is 25.2 Å². The zero-order chi connectivity index (χ0) is 19.4. The Morgan fingerprint density at radius 3 is 2.63 bits per heavy atom. The number of nitrogens with zero attached hydrogens (tertiary/aromatic N) is 2. The van der Waals surface area contributed by atoms with Gasteiger partial charge in [0, 0.05) is 32.3 Å². The minimum absolute atomic E-state index is 0.0988. The van der Waals surface area contributed by atoms with Gasteiger partial charge in [-0.25, -0.2) is 4.39 Å². The molecule has 2 aromatic rings. The van der Waals surface area contributed by atoms with Crippen molar-refractivity contribution in [3.63, 3.8) is 0 Å².